The maximum Gasteiger partial charge on any atom is 0.317 e. The van der Waals surface area contributed by atoms with Gasteiger partial charge in [0.25, 0.3) is 0 Å². The number of imidazole rings is 1. The van der Waals surface area contributed by atoms with E-state index in [4.69, 9.17) is 4.74 Å². The van der Waals surface area contributed by atoms with Gasteiger partial charge in [-0.2, -0.15) is 0 Å². The number of carbonyl (C=O) groups is 1. The second kappa shape index (κ2) is 7.66. The minimum Gasteiger partial charge on any atom is -0.376 e. The topological polar surface area (TPSA) is 70.2 Å². The van der Waals surface area contributed by atoms with Crippen LogP contribution in [0.25, 0.3) is 11.0 Å². The number of ether oxygens (including phenoxy) is 1. The summed E-state index contributed by atoms with van der Waals surface area (Å²) in [6.45, 7) is 6.78. The summed E-state index contributed by atoms with van der Waals surface area (Å²) in [6, 6.07) is 6.05. The first-order valence-electron chi connectivity index (χ1n) is 8.75. The zero-order valence-corrected chi connectivity index (χ0v) is 14.5. The second-order valence-corrected chi connectivity index (χ2v) is 6.44. The summed E-state index contributed by atoms with van der Waals surface area (Å²) in [4.78, 5) is 22.0. The van der Waals surface area contributed by atoms with Gasteiger partial charge in [-0.3, -0.25) is 0 Å². The molecule has 2 amide bonds. The predicted molar refractivity (Wildman–Crippen MR) is 93.9 cm³/mol. The quantitative estimate of drug-likeness (QED) is 0.885. The van der Waals surface area contributed by atoms with E-state index in [2.05, 4.69) is 35.2 Å². The number of nitrogens with zero attached hydrogens (tertiary/aromatic N) is 2. The number of urea groups is 1. The minimum absolute atomic E-state index is 0.0450. The van der Waals surface area contributed by atoms with Gasteiger partial charge >= 0.3 is 6.03 Å². The van der Waals surface area contributed by atoms with Crippen molar-refractivity contribution in [2.24, 2.45) is 0 Å². The van der Waals surface area contributed by atoms with Crippen LogP contribution in [0.4, 0.5) is 4.79 Å². The summed E-state index contributed by atoms with van der Waals surface area (Å²) in [5.41, 5.74) is 3.12. The van der Waals surface area contributed by atoms with E-state index in [0.29, 0.717) is 13.1 Å². The van der Waals surface area contributed by atoms with Crippen molar-refractivity contribution in [3.8, 4) is 0 Å². The molecule has 1 fully saturated rings. The van der Waals surface area contributed by atoms with Gasteiger partial charge in [-0.15, -0.1) is 0 Å². The average molecular weight is 330 g/mol. The number of aryl methyl sites for hydroxylation is 1. The van der Waals surface area contributed by atoms with Crippen molar-refractivity contribution in [3.63, 3.8) is 0 Å². The van der Waals surface area contributed by atoms with Gasteiger partial charge in [0.15, 0.2) is 0 Å². The molecule has 24 heavy (non-hydrogen) atoms. The second-order valence-electron chi connectivity index (χ2n) is 6.44. The monoisotopic (exact) mass is 330 g/mol. The van der Waals surface area contributed by atoms with Crippen LogP contribution in [0.3, 0.4) is 0 Å². The summed E-state index contributed by atoms with van der Waals surface area (Å²) in [5.74, 6) is 0.778. The summed E-state index contributed by atoms with van der Waals surface area (Å²) >= 11 is 0. The fourth-order valence-corrected chi connectivity index (χ4v) is 3.07. The van der Waals surface area contributed by atoms with Gasteiger partial charge in [0, 0.05) is 19.7 Å². The molecule has 2 aromatic rings. The van der Waals surface area contributed by atoms with Crippen molar-refractivity contribution in [2.45, 2.75) is 45.8 Å². The molecule has 3 rings (SSSR count). The molecule has 2 N–H and O–H groups in total. The van der Waals surface area contributed by atoms with E-state index >= 15 is 0 Å². The standard InChI is InChI=1S/C18H26N4O2/c1-3-9-24-14-5-4-8-22(12-14)18(23)19-11-17-20-15-7-6-13(2)10-16(15)21-17/h6-7,10,14H,3-5,8-9,11-12H2,1-2H3,(H,19,23)(H,20,21)/t14-/m0/s1. The molecular formula is C18H26N4O2. The van der Waals surface area contributed by atoms with E-state index in [9.17, 15) is 4.79 Å². The number of benzene rings is 1. The third-order valence-corrected chi connectivity index (χ3v) is 4.32. The number of amides is 2. The molecule has 0 spiro atoms. The Labute approximate surface area is 142 Å². The fraction of sp³-hybridized carbons (Fsp3) is 0.556. The van der Waals surface area contributed by atoms with E-state index in [1.54, 1.807) is 0 Å². The summed E-state index contributed by atoms with van der Waals surface area (Å²) in [7, 11) is 0. The van der Waals surface area contributed by atoms with Gasteiger partial charge in [-0.25, -0.2) is 9.78 Å². The third-order valence-electron chi connectivity index (χ3n) is 4.32. The summed E-state index contributed by atoms with van der Waals surface area (Å²) < 4.78 is 5.79. The first-order chi connectivity index (χ1) is 11.7. The number of H-pyrrole nitrogens is 1. The summed E-state index contributed by atoms with van der Waals surface area (Å²) in [6.07, 6.45) is 3.20. The number of aromatic amines is 1. The molecule has 1 aromatic heterocycles. The van der Waals surface area contributed by atoms with Crippen LogP contribution < -0.4 is 5.32 Å². The Morgan fingerprint density at radius 3 is 3.21 bits per heavy atom. The van der Waals surface area contributed by atoms with Gasteiger partial charge in [0.1, 0.15) is 5.82 Å². The van der Waals surface area contributed by atoms with Crippen molar-refractivity contribution >= 4 is 17.1 Å². The number of fused-ring (bicyclic) bond motifs is 1. The molecule has 0 bridgehead atoms. The Morgan fingerprint density at radius 1 is 1.50 bits per heavy atom. The normalized spacial score (nSPS) is 18.1. The van der Waals surface area contributed by atoms with E-state index in [-0.39, 0.29) is 12.1 Å². The lowest BCUT2D eigenvalue weighted by Gasteiger charge is -2.32. The molecule has 2 heterocycles. The number of hydrogen-bond donors (Lipinski definition) is 2. The highest BCUT2D eigenvalue weighted by Crippen LogP contribution is 2.15. The maximum absolute atomic E-state index is 12.4. The molecule has 1 aromatic carbocycles. The number of aromatic nitrogens is 2. The van der Waals surface area contributed by atoms with Gasteiger partial charge in [-0.05, 0) is 43.9 Å². The highest BCUT2D eigenvalue weighted by Gasteiger charge is 2.23. The lowest BCUT2D eigenvalue weighted by atomic mass is 10.1. The van der Waals surface area contributed by atoms with Crippen LogP contribution in [-0.2, 0) is 11.3 Å². The number of hydrogen-bond acceptors (Lipinski definition) is 3. The molecule has 1 atom stereocenters. The molecule has 1 saturated heterocycles. The van der Waals surface area contributed by atoms with Crippen molar-refractivity contribution in [2.75, 3.05) is 19.7 Å². The average Bonchev–Trinajstić information content (AvgIpc) is 3.00. The van der Waals surface area contributed by atoms with E-state index < -0.39 is 0 Å². The molecular weight excluding hydrogens is 304 g/mol. The van der Waals surface area contributed by atoms with Crippen LogP contribution in [0, 0.1) is 6.92 Å². The Kier molecular flexibility index (Phi) is 5.35. The minimum atomic E-state index is -0.0450. The van der Waals surface area contributed by atoms with Crippen LogP contribution in [-0.4, -0.2) is 46.7 Å². The van der Waals surface area contributed by atoms with Gasteiger partial charge in [0.2, 0.25) is 0 Å². The lowest BCUT2D eigenvalue weighted by molar-refractivity contribution is 0.00999. The Hall–Kier alpha value is -2.08. The number of rotatable bonds is 5. The molecule has 130 valence electrons. The highest BCUT2D eigenvalue weighted by atomic mass is 16.5. The first kappa shape index (κ1) is 16.8. The molecule has 6 heteroatoms. The molecule has 0 saturated carbocycles. The van der Waals surface area contributed by atoms with E-state index in [0.717, 1.165) is 49.3 Å². The van der Waals surface area contributed by atoms with Gasteiger partial charge in [-0.1, -0.05) is 13.0 Å². The predicted octanol–water partition coefficient (Wildman–Crippen LogP) is 2.97. The van der Waals surface area contributed by atoms with Crippen molar-refractivity contribution in [1.82, 2.24) is 20.2 Å². The zero-order valence-electron chi connectivity index (χ0n) is 14.5. The molecule has 0 radical (unpaired) electrons. The third kappa shape index (κ3) is 4.06. The Balaban J connectivity index is 1.54. The van der Waals surface area contributed by atoms with Crippen LogP contribution in [0.15, 0.2) is 18.2 Å². The smallest absolute Gasteiger partial charge is 0.317 e. The van der Waals surface area contributed by atoms with Gasteiger partial charge in [0.05, 0.1) is 23.7 Å². The number of nitrogens with one attached hydrogen (secondary N) is 2. The Bertz CT molecular complexity index is 697. The Morgan fingerprint density at radius 2 is 2.38 bits per heavy atom. The molecule has 6 nitrogen and oxygen atoms in total. The highest BCUT2D eigenvalue weighted by molar-refractivity contribution is 5.76. The van der Waals surface area contributed by atoms with Crippen molar-refractivity contribution in [3.05, 3.63) is 29.6 Å². The van der Waals surface area contributed by atoms with E-state index in [1.807, 2.05) is 17.0 Å². The van der Waals surface area contributed by atoms with Crippen molar-refractivity contribution < 1.29 is 9.53 Å². The van der Waals surface area contributed by atoms with Gasteiger partial charge < -0.3 is 19.9 Å². The summed E-state index contributed by atoms with van der Waals surface area (Å²) in [5, 5.41) is 2.96. The molecule has 0 aliphatic carbocycles. The zero-order chi connectivity index (χ0) is 16.9. The number of piperidine rings is 1. The van der Waals surface area contributed by atoms with Crippen LogP contribution in [0.1, 0.15) is 37.6 Å². The van der Waals surface area contributed by atoms with Crippen molar-refractivity contribution in [1.29, 1.82) is 0 Å². The number of carbonyl (C=O) groups excluding carboxylic acids is 1. The molecule has 1 aliphatic rings. The van der Waals surface area contributed by atoms with Crippen LogP contribution in [0.5, 0.6) is 0 Å². The number of likely N-dealkylation sites (tertiary alicyclic amines) is 1. The van der Waals surface area contributed by atoms with E-state index in [1.165, 1.54) is 5.56 Å². The first-order valence-corrected chi connectivity index (χ1v) is 8.75. The maximum atomic E-state index is 12.4. The molecule has 1 aliphatic heterocycles. The van der Waals surface area contributed by atoms with Crippen LogP contribution in [0.2, 0.25) is 0 Å². The molecule has 0 unspecified atom stereocenters. The lowest BCUT2D eigenvalue weighted by Crippen LogP contribution is -2.47. The van der Waals surface area contributed by atoms with Crippen LogP contribution >= 0.6 is 0 Å². The SMILES string of the molecule is CCCO[C@H]1CCCN(C(=O)NCc2nc3ccc(C)cc3[nH]2)C1. The fourth-order valence-electron chi connectivity index (χ4n) is 3.07. The largest absolute Gasteiger partial charge is 0.376 e.